The second-order valence-corrected chi connectivity index (χ2v) is 8.30. The lowest BCUT2D eigenvalue weighted by Crippen LogP contribution is -2.50. The Bertz CT molecular complexity index is 703. The van der Waals surface area contributed by atoms with Gasteiger partial charge in [0.05, 0.1) is 6.54 Å². The fourth-order valence-electron chi connectivity index (χ4n) is 3.91. The van der Waals surface area contributed by atoms with Crippen molar-refractivity contribution < 1.29 is 19.8 Å². The minimum atomic E-state index is -1.17. The van der Waals surface area contributed by atoms with Gasteiger partial charge < -0.3 is 10.2 Å². The molecular weight excluding hydrogens is 362 g/mol. The molecule has 1 heterocycles. The third-order valence-corrected chi connectivity index (χ3v) is 5.51. The van der Waals surface area contributed by atoms with Crippen LogP contribution in [0.1, 0.15) is 58.8 Å². The number of hydrogen-bond donors (Lipinski definition) is 3. The van der Waals surface area contributed by atoms with Crippen molar-refractivity contribution >= 4 is 11.9 Å². The highest BCUT2D eigenvalue weighted by molar-refractivity contribution is 5.77. The van der Waals surface area contributed by atoms with Gasteiger partial charge in [0.25, 0.3) is 0 Å². The Morgan fingerprint density at radius 2 is 1.68 bits per heavy atom. The number of aliphatic carboxylic acids is 2. The molecule has 1 fully saturated rings. The lowest BCUT2D eigenvalue weighted by molar-refractivity contribution is -0.143. The zero-order valence-electron chi connectivity index (χ0n) is 16.8. The second-order valence-electron chi connectivity index (χ2n) is 8.30. The molecule has 1 aliphatic carbocycles. The predicted molar refractivity (Wildman–Crippen MR) is 105 cm³/mol. The molecule has 0 amide bonds. The number of carboxylic acid groups (broad SMARTS) is 2. The van der Waals surface area contributed by atoms with Gasteiger partial charge in [-0.1, -0.05) is 46.0 Å². The van der Waals surface area contributed by atoms with Crippen molar-refractivity contribution in [3.8, 4) is 0 Å². The second kappa shape index (κ2) is 10.5. The van der Waals surface area contributed by atoms with Crippen molar-refractivity contribution in [2.75, 3.05) is 0 Å². The molecule has 1 aromatic rings. The Morgan fingerprint density at radius 1 is 1.07 bits per heavy atom. The molecule has 0 bridgehead atoms. The Hall–Kier alpha value is -2.09. The van der Waals surface area contributed by atoms with Crippen molar-refractivity contribution in [1.82, 2.24) is 14.5 Å². The summed E-state index contributed by atoms with van der Waals surface area (Å²) in [5.41, 5.74) is -0.250. The van der Waals surface area contributed by atoms with Crippen LogP contribution < -0.4 is 11.0 Å². The van der Waals surface area contributed by atoms with E-state index in [4.69, 9.17) is 0 Å². The predicted octanol–water partition coefficient (Wildman–Crippen LogP) is 2.16. The lowest BCUT2D eigenvalue weighted by Gasteiger charge is -2.22. The van der Waals surface area contributed by atoms with E-state index in [0.717, 1.165) is 6.42 Å². The SMILES string of the molecule is CC(C)C[C@H](N[C@@H](Cn1ccn(CCC2CCCCC2)c1=O)C(=O)O)C(=O)O. The Labute approximate surface area is 165 Å². The number of imidazole rings is 1. The first-order chi connectivity index (χ1) is 13.3. The molecule has 8 heteroatoms. The monoisotopic (exact) mass is 395 g/mol. The summed E-state index contributed by atoms with van der Waals surface area (Å²) < 4.78 is 2.97. The first-order valence-corrected chi connectivity index (χ1v) is 10.2. The van der Waals surface area contributed by atoms with Crippen molar-refractivity contribution in [2.45, 2.75) is 84.0 Å². The van der Waals surface area contributed by atoms with E-state index in [2.05, 4.69) is 5.32 Å². The van der Waals surface area contributed by atoms with Gasteiger partial charge >= 0.3 is 17.6 Å². The Balaban J connectivity index is 2.00. The number of nitrogens with zero attached hydrogens (tertiary/aromatic N) is 2. The van der Waals surface area contributed by atoms with E-state index >= 15 is 0 Å². The van der Waals surface area contributed by atoms with E-state index in [-0.39, 0.29) is 18.2 Å². The molecule has 3 N–H and O–H groups in total. The summed E-state index contributed by atoms with van der Waals surface area (Å²) in [6.45, 7) is 4.29. The highest BCUT2D eigenvalue weighted by Gasteiger charge is 2.27. The average Bonchev–Trinajstić information content (AvgIpc) is 2.98. The Morgan fingerprint density at radius 3 is 2.25 bits per heavy atom. The van der Waals surface area contributed by atoms with Gasteiger partial charge in [0.2, 0.25) is 0 Å². The molecule has 28 heavy (non-hydrogen) atoms. The van der Waals surface area contributed by atoms with Crippen molar-refractivity contribution in [2.24, 2.45) is 11.8 Å². The first-order valence-electron chi connectivity index (χ1n) is 10.2. The zero-order chi connectivity index (χ0) is 20.7. The van der Waals surface area contributed by atoms with E-state index in [9.17, 15) is 24.6 Å². The Kier molecular flexibility index (Phi) is 8.29. The van der Waals surface area contributed by atoms with E-state index < -0.39 is 24.0 Å². The minimum absolute atomic E-state index is 0.103. The molecule has 0 aromatic carbocycles. The van der Waals surface area contributed by atoms with Crippen LogP contribution in [0.2, 0.25) is 0 Å². The van der Waals surface area contributed by atoms with Gasteiger partial charge in [0, 0.05) is 18.9 Å². The third kappa shape index (κ3) is 6.51. The highest BCUT2D eigenvalue weighted by Crippen LogP contribution is 2.26. The summed E-state index contributed by atoms with van der Waals surface area (Å²) in [6.07, 6.45) is 10.8. The number of hydrogen-bond acceptors (Lipinski definition) is 4. The van der Waals surface area contributed by atoms with Gasteiger partial charge in [0.1, 0.15) is 12.1 Å². The average molecular weight is 396 g/mol. The number of aromatic nitrogens is 2. The third-order valence-electron chi connectivity index (χ3n) is 5.51. The molecule has 158 valence electrons. The van der Waals surface area contributed by atoms with Crippen LogP contribution in [0.3, 0.4) is 0 Å². The molecule has 2 atom stereocenters. The van der Waals surface area contributed by atoms with E-state index in [1.807, 2.05) is 13.8 Å². The fourth-order valence-corrected chi connectivity index (χ4v) is 3.91. The summed E-state index contributed by atoms with van der Waals surface area (Å²) in [4.78, 5) is 35.6. The summed E-state index contributed by atoms with van der Waals surface area (Å²) in [6, 6.07) is -2.11. The van der Waals surface area contributed by atoms with Crippen molar-refractivity contribution in [1.29, 1.82) is 0 Å². The molecule has 2 rings (SSSR count). The maximum atomic E-state index is 12.6. The number of nitrogens with one attached hydrogen (secondary N) is 1. The summed E-state index contributed by atoms with van der Waals surface area (Å²) in [7, 11) is 0. The normalized spacial score (nSPS) is 17.5. The standard InChI is InChI=1S/C20H33N3O5/c1-14(2)12-16(18(24)25)21-17(19(26)27)13-23-11-10-22(20(23)28)9-8-15-6-4-3-5-7-15/h10-11,14-17,21H,3-9,12-13H2,1-2H3,(H,24,25)(H,26,27)/t16-,17-/m0/s1. The topological polar surface area (TPSA) is 114 Å². The van der Waals surface area contributed by atoms with Crippen LogP contribution in [0.25, 0.3) is 0 Å². The van der Waals surface area contributed by atoms with Crippen LogP contribution in [-0.2, 0) is 22.7 Å². The molecule has 0 unspecified atom stereocenters. The van der Waals surface area contributed by atoms with E-state index in [0.29, 0.717) is 18.9 Å². The van der Waals surface area contributed by atoms with E-state index in [1.165, 1.54) is 36.7 Å². The lowest BCUT2D eigenvalue weighted by atomic mass is 9.87. The molecular formula is C20H33N3O5. The van der Waals surface area contributed by atoms with Crippen molar-refractivity contribution in [3.05, 3.63) is 22.9 Å². The molecule has 0 spiro atoms. The zero-order valence-corrected chi connectivity index (χ0v) is 16.8. The number of aryl methyl sites for hydroxylation is 1. The summed E-state index contributed by atoms with van der Waals surface area (Å²) >= 11 is 0. The first kappa shape index (κ1) is 22.2. The molecule has 0 saturated heterocycles. The molecule has 8 nitrogen and oxygen atoms in total. The fraction of sp³-hybridized carbons (Fsp3) is 0.750. The van der Waals surface area contributed by atoms with Crippen LogP contribution >= 0.6 is 0 Å². The van der Waals surface area contributed by atoms with Crippen LogP contribution in [0.4, 0.5) is 0 Å². The van der Waals surface area contributed by atoms with Crippen LogP contribution in [0.5, 0.6) is 0 Å². The quantitative estimate of drug-likeness (QED) is 0.529. The van der Waals surface area contributed by atoms with Gasteiger partial charge in [-0.3, -0.25) is 24.0 Å². The largest absolute Gasteiger partial charge is 0.480 e. The number of rotatable bonds is 11. The molecule has 0 aliphatic heterocycles. The molecule has 1 saturated carbocycles. The van der Waals surface area contributed by atoms with Crippen molar-refractivity contribution in [3.63, 3.8) is 0 Å². The number of carbonyl (C=O) groups is 2. The summed E-state index contributed by atoms with van der Waals surface area (Å²) in [5, 5.41) is 21.5. The molecule has 1 aromatic heterocycles. The van der Waals surface area contributed by atoms with Gasteiger partial charge in [-0.2, -0.15) is 0 Å². The smallest absolute Gasteiger partial charge is 0.328 e. The highest BCUT2D eigenvalue weighted by atomic mass is 16.4. The maximum absolute atomic E-state index is 12.6. The van der Waals surface area contributed by atoms with Crippen LogP contribution in [-0.4, -0.2) is 43.4 Å². The van der Waals surface area contributed by atoms with Crippen LogP contribution in [0.15, 0.2) is 17.2 Å². The van der Waals surface area contributed by atoms with Gasteiger partial charge in [-0.15, -0.1) is 0 Å². The van der Waals surface area contributed by atoms with E-state index in [1.54, 1.807) is 17.0 Å². The molecule has 1 aliphatic rings. The molecule has 0 radical (unpaired) electrons. The summed E-state index contributed by atoms with van der Waals surface area (Å²) in [5.74, 6) is -1.49. The van der Waals surface area contributed by atoms with Gasteiger partial charge in [-0.05, 0) is 24.7 Å². The maximum Gasteiger partial charge on any atom is 0.328 e. The number of carboxylic acids is 2. The van der Waals surface area contributed by atoms with Gasteiger partial charge in [-0.25, -0.2) is 4.79 Å². The van der Waals surface area contributed by atoms with Crippen LogP contribution in [0, 0.1) is 11.8 Å². The van der Waals surface area contributed by atoms with Gasteiger partial charge in [0.15, 0.2) is 0 Å². The minimum Gasteiger partial charge on any atom is -0.480 e.